The van der Waals surface area contributed by atoms with Crippen LogP contribution in [0.15, 0.2) is 30.6 Å². The number of carboxylic acids is 1. The Morgan fingerprint density at radius 1 is 1.28 bits per heavy atom. The van der Waals surface area contributed by atoms with Crippen LogP contribution in [0.1, 0.15) is 16.1 Å². The number of phenols is 1. The van der Waals surface area contributed by atoms with E-state index in [2.05, 4.69) is 15.3 Å². The van der Waals surface area contributed by atoms with Gasteiger partial charge >= 0.3 is 5.97 Å². The maximum absolute atomic E-state index is 10.7. The summed E-state index contributed by atoms with van der Waals surface area (Å²) in [5, 5.41) is 21.3. The number of nitrogens with one attached hydrogen (secondary N) is 1. The van der Waals surface area contributed by atoms with Gasteiger partial charge in [-0.1, -0.05) is 0 Å². The van der Waals surface area contributed by atoms with Gasteiger partial charge in [0.1, 0.15) is 23.5 Å². The van der Waals surface area contributed by atoms with E-state index < -0.39 is 5.97 Å². The zero-order valence-corrected chi connectivity index (χ0v) is 9.58. The summed E-state index contributed by atoms with van der Waals surface area (Å²) in [4.78, 5) is 18.7. The van der Waals surface area contributed by atoms with E-state index in [1.165, 1.54) is 18.5 Å². The zero-order chi connectivity index (χ0) is 13.1. The van der Waals surface area contributed by atoms with E-state index in [4.69, 9.17) is 5.11 Å². The Hall–Kier alpha value is -2.63. The number of aromatic nitrogens is 2. The van der Waals surface area contributed by atoms with Gasteiger partial charge in [-0.3, -0.25) is 0 Å². The number of aromatic hydroxyl groups is 1. The molecule has 0 aliphatic heterocycles. The van der Waals surface area contributed by atoms with Crippen LogP contribution in [-0.4, -0.2) is 26.2 Å². The summed E-state index contributed by atoms with van der Waals surface area (Å²) in [5.74, 6) is -0.889. The fourth-order valence-electron chi connectivity index (χ4n) is 1.46. The molecule has 2 aromatic rings. The van der Waals surface area contributed by atoms with Crippen LogP contribution in [-0.2, 0) is 0 Å². The maximum Gasteiger partial charge on any atom is 0.339 e. The number of hydrogen-bond acceptors (Lipinski definition) is 5. The monoisotopic (exact) mass is 245 g/mol. The molecule has 0 radical (unpaired) electrons. The number of anilines is 2. The van der Waals surface area contributed by atoms with Crippen molar-refractivity contribution >= 4 is 17.5 Å². The molecule has 6 nitrogen and oxygen atoms in total. The Kier molecular flexibility index (Phi) is 3.09. The first-order valence-corrected chi connectivity index (χ1v) is 5.18. The summed E-state index contributed by atoms with van der Waals surface area (Å²) in [5.41, 5.74) is 1.22. The third-order valence-electron chi connectivity index (χ3n) is 2.30. The third kappa shape index (κ3) is 2.54. The highest BCUT2D eigenvalue weighted by Gasteiger charge is 2.09. The van der Waals surface area contributed by atoms with Crippen molar-refractivity contribution in [3.8, 4) is 5.75 Å². The molecule has 6 heteroatoms. The minimum absolute atomic E-state index is 0.139. The van der Waals surface area contributed by atoms with Crippen molar-refractivity contribution in [2.45, 2.75) is 6.92 Å². The van der Waals surface area contributed by atoms with Gasteiger partial charge in [0, 0.05) is 23.5 Å². The van der Waals surface area contributed by atoms with Crippen LogP contribution >= 0.6 is 0 Å². The van der Waals surface area contributed by atoms with Crippen LogP contribution in [0.5, 0.6) is 5.75 Å². The van der Waals surface area contributed by atoms with Crippen LogP contribution in [0.25, 0.3) is 0 Å². The second-order valence-electron chi connectivity index (χ2n) is 3.71. The van der Waals surface area contributed by atoms with E-state index in [1.807, 2.05) is 6.92 Å². The number of nitrogens with zero attached hydrogens (tertiary/aromatic N) is 2. The second-order valence-corrected chi connectivity index (χ2v) is 3.71. The Bertz CT molecular complexity index is 599. The summed E-state index contributed by atoms with van der Waals surface area (Å²) in [7, 11) is 0. The van der Waals surface area contributed by atoms with E-state index in [9.17, 15) is 9.90 Å². The molecule has 92 valence electrons. The molecule has 0 fully saturated rings. The molecule has 2 rings (SSSR count). The standard InChI is InChI=1S/C12H11N3O3/c1-7-4-11(14-6-13-7)15-8-2-3-9(12(17)18)10(16)5-8/h2-6,16H,1H3,(H,17,18)(H,13,14,15). The molecule has 0 unspecified atom stereocenters. The first kappa shape index (κ1) is 11.8. The first-order valence-electron chi connectivity index (χ1n) is 5.18. The van der Waals surface area contributed by atoms with Gasteiger partial charge in [0.15, 0.2) is 0 Å². The lowest BCUT2D eigenvalue weighted by molar-refractivity contribution is 0.0694. The molecule has 0 aliphatic carbocycles. The summed E-state index contributed by atoms with van der Waals surface area (Å²) in [6, 6.07) is 5.96. The normalized spacial score (nSPS) is 10.1. The number of aromatic carboxylic acids is 1. The quantitative estimate of drug-likeness (QED) is 0.764. The molecule has 0 atom stereocenters. The zero-order valence-electron chi connectivity index (χ0n) is 9.58. The SMILES string of the molecule is Cc1cc(Nc2ccc(C(=O)O)c(O)c2)ncn1. The average Bonchev–Trinajstić information content (AvgIpc) is 2.28. The summed E-state index contributed by atoms with van der Waals surface area (Å²) < 4.78 is 0. The molecule has 0 aliphatic rings. The molecule has 18 heavy (non-hydrogen) atoms. The second kappa shape index (κ2) is 4.70. The predicted octanol–water partition coefficient (Wildman–Crippen LogP) is 1.93. The van der Waals surface area contributed by atoms with Gasteiger partial charge in [0.05, 0.1) is 0 Å². The van der Waals surface area contributed by atoms with Crippen LogP contribution in [0.2, 0.25) is 0 Å². The summed E-state index contributed by atoms with van der Waals surface area (Å²) >= 11 is 0. The first-order chi connectivity index (χ1) is 8.56. The van der Waals surface area contributed by atoms with Gasteiger partial charge in [-0.15, -0.1) is 0 Å². The summed E-state index contributed by atoms with van der Waals surface area (Å²) in [6.45, 7) is 1.83. The maximum atomic E-state index is 10.7. The molecule has 0 saturated heterocycles. The highest BCUT2D eigenvalue weighted by molar-refractivity contribution is 5.91. The molecule has 1 aromatic carbocycles. The summed E-state index contributed by atoms with van der Waals surface area (Å²) in [6.07, 6.45) is 1.42. The molecule has 0 saturated carbocycles. The van der Waals surface area contributed by atoms with Crippen molar-refractivity contribution in [1.82, 2.24) is 9.97 Å². The van der Waals surface area contributed by atoms with E-state index in [1.54, 1.807) is 12.1 Å². The fourth-order valence-corrected chi connectivity index (χ4v) is 1.46. The minimum Gasteiger partial charge on any atom is -0.507 e. The van der Waals surface area contributed by atoms with Gasteiger partial charge in [-0.2, -0.15) is 0 Å². The van der Waals surface area contributed by atoms with Gasteiger partial charge in [-0.05, 0) is 19.1 Å². The van der Waals surface area contributed by atoms with Crippen molar-refractivity contribution in [2.24, 2.45) is 0 Å². The molecule has 0 spiro atoms. The van der Waals surface area contributed by atoms with E-state index in [-0.39, 0.29) is 11.3 Å². The van der Waals surface area contributed by atoms with Crippen molar-refractivity contribution < 1.29 is 15.0 Å². The van der Waals surface area contributed by atoms with E-state index in [0.717, 1.165) is 5.69 Å². The van der Waals surface area contributed by atoms with Crippen molar-refractivity contribution in [1.29, 1.82) is 0 Å². The van der Waals surface area contributed by atoms with Gasteiger partial charge in [0.25, 0.3) is 0 Å². The number of hydrogen-bond donors (Lipinski definition) is 3. The average molecular weight is 245 g/mol. The Labute approximate surface area is 103 Å². The van der Waals surface area contributed by atoms with Gasteiger partial charge in [-0.25, -0.2) is 14.8 Å². The molecule has 3 N–H and O–H groups in total. The highest BCUT2D eigenvalue weighted by atomic mass is 16.4. The molecule has 1 aromatic heterocycles. The van der Waals surface area contributed by atoms with E-state index in [0.29, 0.717) is 11.5 Å². The number of rotatable bonds is 3. The largest absolute Gasteiger partial charge is 0.507 e. The molecule has 0 amide bonds. The van der Waals surface area contributed by atoms with Crippen molar-refractivity contribution in [3.63, 3.8) is 0 Å². The topological polar surface area (TPSA) is 95.3 Å². The number of aryl methyl sites for hydroxylation is 1. The lowest BCUT2D eigenvalue weighted by Crippen LogP contribution is -1.99. The predicted molar refractivity (Wildman–Crippen MR) is 65.1 cm³/mol. The smallest absolute Gasteiger partial charge is 0.339 e. The molecule has 1 heterocycles. The minimum atomic E-state index is -1.17. The van der Waals surface area contributed by atoms with Crippen molar-refractivity contribution in [2.75, 3.05) is 5.32 Å². The van der Waals surface area contributed by atoms with E-state index >= 15 is 0 Å². The Balaban J connectivity index is 2.25. The number of benzene rings is 1. The lowest BCUT2D eigenvalue weighted by Gasteiger charge is -2.07. The Morgan fingerprint density at radius 3 is 2.67 bits per heavy atom. The molecular formula is C12H11N3O3. The number of carbonyl (C=O) groups is 1. The third-order valence-corrected chi connectivity index (χ3v) is 2.30. The lowest BCUT2D eigenvalue weighted by atomic mass is 10.2. The van der Waals surface area contributed by atoms with Crippen LogP contribution in [0.4, 0.5) is 11.5 Å². The van der Waals surface area contributed by atoms with Crippen LogP contribution in [0.3, 0.4) is 0 Å². The fraction of sp³-hybridized carbons (Fsp3) is 0.0833. The highest BCUT2D eigenvalue weighted by Crippen LogP contribution is 2.23. The Morgan fingerprint density at radius 2 is 2.06 bits per heavy atom. The molecular weight excluding hydrogens is 234 g/mol. The van der Waals surface area contributed by atoms with Gasteiger partial charge < -0.3 is 15.5 Å². The van der Waals surface area contributed by atoms with Crippen LogP contribution in [0, 0.1) is 6.92 Å². The number of carboxylic acid groups (broad SMARTS) is 1. The van der Waals surface area contributed by atoms with Crippen molar-refractivity contribution in [3.05, 3.63) is 41.9 Å². The van der Waals surface area contributed by atoms with Crippen LogP contribution < -0.4 is 5.32 Å². The van der Waals surface area contributed by atoms with Gasteiger partial charge in [0.2, 0.25) is 0 Å². The molecule has 0 bridgehead atoms.